The number of hydrogen-bond donors (Lipinski definition) is 2. The number of nitrogens with two attached hydrogens (primary N) is 1. The molecule has 0 atom stereocenters. The number of carbonyl (C=O) groups is 2. The molecule has 21 heavy (non-hydrogen) atoms. The number of aromatic nitrogens is 2. The van der Waals surface area contributed by atoms with Gasteiger partial charge in [0.25, 0.3) is 5.91 Å². The summed E-state index contributed by atoms with van der Waals surface area (Å²) in [5.74, 6) is -0.0958. The van der Waals surface area contributed by atoms with Gasteiger partial charge in [0.2, 0.25) is 5.91 Å². The van der Waals surface area contributed by atoms with Crippen LogP contribution in [-0.4, -0.2) is 35.4 Å². The van der Waals surface area contributed by atoms with Gasteiger partial charge in [-0.15, -0.1) is 11.3 Å². The second-order valence-electron chi connectivity index (χ2n) is 4.81. The second kappa shape index (κ2) is 4.81. The maximum absolute atomic E-state index is 11.6. The highest BCUT2D eigenvalue weighted by atomic mass is 32.1. The van der Waals surface area contributed by atoms with Gasteiger partial charge in [-0.25, -0.2) is 9.97 Å². The van der Waals surface area contributed by atoms with Crippen LogP contribution in [0.15, 0.2) is 12.4 Å². The van der Waals surface area contributed by atoms with Crippen molar-refractivity contribution in [2.75, 3.05) is 23.8 Å². The molecule has 1 aliphatic heterocycles. The number of rotatable bonds is 2. The first-order valence-electron chi connectivity index (χ1n) is 6.24. The van der Waals surface area contributed by atoms with Gasteiger partial charge < -0.3 is 16.0 Å². The lowest BCUT2D eigenvalue weighted by Crippen LogP contribution is -2.36. The molecule has 0 fully saturated rings. The van der Waals surface area contributed by atoms with Crippen LogP contribution in [0.1, 0.15) is 15.2 Å². The Morgan fingerprint density at radius 2 is 2.24 bits per heavy atom. The molecule has 8 heteroatoms. The number of likely N-dealkylation sites (N-methyl/N-ethyl adjacent to an activating group) is 1. The lowest BCUT2D eigenvalue weighted by molar-refractivity contribution is -0.115. The van der Waals surface area contributed by atoms with Crippen molar-refractivity contribution in [3.05, 3.63) is 22.8 Å². The third kappa shape index (κ3) is 2.23. The molecule has 0 saturated heterocycles. The highest BCUT2D eigenvalue weighted by molar-refractivity contribution is 7.17. The average Bonchev–Trinajstić information content (AvgIpc) is 2.80. The summed E-state index contributed by atoms with van der Waals surface area (Å²) in [6, 6.07) is 1.75. The topological polar surface area (TPSA) is 101 Å². The first-order chi connectivity index (χ1) is 9.97. The third-order valence-corrected chi connectivity index (χ3v) is 4.48. The minimum Gasteiger partial charge on any atom is -0.365 e. The molecule has 3 N–H and O–H groups in total. The fourth-order valence-corrected chi connectivity index (χ4v) is 3.32. The molecule has 2 aromatic heterocycles. The van der Waals surface area contributed by atoms with Crippen molar-refractivity contribution >= 4 is 34.7 Å². The molecule has 0 unspecified atom stereocenters. The lowest BCUT2D eigenvalue weighted by Gasteiger charge is -2.27. The largest absolute Gasteiger partial charge is 0.365 e. The summed E-state index contributed by atoms with van der Waals surface area (Å²) in [6.07, 6.45) is 1.40. The van der Waals surface area contributed by atoms with Crippen molar-refractivity contribution in [2.45, 2.75) is 6.92 Å². The van der Waals surface area contributed by atoms with Gasteiger partial charge in [0, 0.05) is 7.05 Å². The van der Waals surface area contributed by atoms with E-state index in [1.807, 2.05) is 14.0 Å². The van der Waals surface area contributed by atoms with Gasteiger partial charge in [-0.1, -0.05) is 0 Å². The molecule has 2 aromatic rings. The highest BCUT2D eigenvalue weighted by Crippen LogP contribution is 2.40. The van der Waals surface area contributed by atoms with E-state index in [1.54, 1.807) is 11.0 Å². The fraction of sp³-hybridized carbons (Fsp3) is 0.231. The predicted octanol–water partition coefficient (Wildman–Crippen LogP) is 1.00. The minimum atomic E-state index is -0.459. The first kappa shape index (κ1) is 13.5. The molecule has 0 radical (unpaired) electrons. The number of hydrogen-bond acceptors (Lipinski definition) is 6. The van der Waals surface area contributed by atoms with Crippen molar-refractivity contribution in [2.24, 2.45) is 5.73 Å². The first-order valence-corrected chi connectivity index (χ1v) is 7.05. The molecule has 0 aliphatic carbocycles. The standard InChI is InChI=1S/C13H13N5O2S/c1-6-3-7(12(14)20)21-11(6)9-10-13(16-5-15-9)17-8(19)4-18(10)2/h3,5H,4H2,1-2H3,(H2,14,20)(H,15,16,17,19). The van der Waals surface area contributed by atoms with Crippen LogP contribution in [0.5, 0.6) is 0 Å². The highest BCUT2D eigenvalue weighted by Gasteiger charge is 2.26. The van der Waals surface area contributed by atoms with E-state index in [1.165, 1.54) is 17.7 Å². The molecule has 7 nitrogen and oxygen atoms in total. The number of anilines is 2. The Hall–Kier alpha value is -2.48. The van der Waals surface area contributed by atoms with E-state index in [0.717, 1.165) is 16.1 Å². The summed E-state index contributed by atoms with van der Waals surface area (Å²) in [5, 5.41) is 2.73. The zero-order chi connectivity index (χ0) is 15.1. The zero-order valence-electron chi connectivity index (χ0n) is 11.5. The summed E-state index contributed by atoms with van der Waals surface area (Å²) >= 11 is 1.29. The fourth-order valence-electron chi connectivity index (χ4n) is 2.30. The van der Waals surface area contributed by atoms with Crippen molar-refractivity contribution in [3.8, 4) is 10.6 Å². The maximum atomic E-state index is 11.6. The number of aryl methyl sites for hydroxylation is 1. The second-order valence-corrected chi connectivity index (χ2v) is 5.86. The number of fused-ring (bicyclic) bond motifs is 1. The summed E-state index contributed by atoms with van der Waals surface area (Å²) in [6.45, 7) is 2.13. The number of amides is 2. The molecule has 0 spiro atoms. The van der Waals surface area contributed by atoms with Gasteiger partial charge in [-0.05, 0) is 18.6 Å². The van der Waals surface area contributed by atoms with Gasteiger partial charge in [-0.2, -0.15) is 0 Å². The Bertz CT molecular complexity index is 755. The average molecular weight is 303 g/mol. The normalized spacial score (nSPS) is 13.8. The van der Waals surface area contributed by atoms with E-state index in [-0.39, 0.29) is 12.5 Å². The van der Waals surface area contributed by atoms with Gasteiger partial charge in [0.1, 0.15) is 17.7 Å². The molecule has 3 heterocycles. The van der Waals surface area contributed by atoms with E-state index in [4.69, 9.17) is 5.73 Å². The molecule has 108 valence electrons. The van der Waals surface area contributed by atoms with Gasteiger partial charge in [-0.3, -0.25) is 9.59 Å². The number of thiophene rings is 1. The van der Waals surface area contributed by atoms with E-state index in [0.29, 0.717) is 16.4 Å². The summed E-state index contributed by atoms with van der Waals surface area (Å²) in [4.78, 5) is 34.5. The number of carbonyl (C=O) groups excluding carboxylic acids is 2. The Kier molecular flexibility index (Phi) is 3.09. The quantitative estimate of drug-likeness (QED) is 0.862. The van der Waals surface area contributed by atoms with Crippen LogP contribution in [-0.2, 0) is 4.79 Å². The van der Waals surface area contributed by atoms with E-state index in [9.17, 15) is 9.59 Å². The van der Waals surface area contributed by atoms with Crippen molar-refractivity contribution in [1.82, 2.24) is 9.97 Å². The molecule has 1 aliphatic rings. The van der Waals surface area contributed by atoms with Crippen LogP contribution < -0.4 is 16.0 Å². The monoisotopic (exact) mass is 303 g/mol. The van der Waals surface area contributed by atoms with E-state index >= 15 is 0 Å². The van der Waals surface area contributed by atoms with Crippen molar-refractivity contribution < 1.29 is 9.59 Å². The predicted molar refractivity (Wildman–Crippen MR) is 80.5 cm³/mol. The Morgan fingerprint density at radius 1 is 1.48 bits per heavy atom. The van der Waals surface area contributed by atoms with Gasteiger partial charge in [0.15, 0.2) is 5.82 Å². The van der Waals surface area contributed by atoms with Crippen LogP contribution in [0, 0.1) is 6.92 Å². The molecule has 0 saturated carbocycles. The molecule has 3 rings (SSSR count). The zero-order valence-corrected chi connectivity index (χ0v) is 12.3. The molecular formula is C13H13N5O2S. The number of primary amides is 1. The Balaban J connectivity index is 2.18. The van der Waals surface area contributed by atoms with Crippen LogP contribution >= 0.6 is 11.3 Å². The molecule has 2 amide bonds. The Morgan fingerprint density at radius 3 is 2.90 bits per heavy atom. The minimum absolute atomic E-state index is 0.115. The molecular weight excluding hydrogens is 290 g/mol. The van der Waals surface area contributed by atoms with Crippen molar-refractivity contribution in [1.29, 1.82) is 0 Å². The molecule has 0 aromatic carbocycles. The van der Waals surface area contributed by atoms with Gasteiger partial charge in [0.05, 0.1) is 16.3 Å². The molecule has 0 bridgehead atoms. The Labute approximate surface area is 124 Å². The van der Waals surface area contributed by atoms with Crippen LogP contribution in [0.3, 0.4) is 0 Å². The van der Waals surface area contributed by atoms with E-state index < -0.39 is 5.91 Å². The third-order valence-electron chi connectivity index (χ3n) is 3.22. The van der Waals surface area contributed by atoms with Crippen LogP contribution in [0.4, 0.5) is 11.5 Å². The number of nitrogens with one attached hydrogen (secondary N) is 1. The van der Waals surface area contributed by atoms with Crippen LogP contribution in [0.25, 0.3) is 10.6 Å². The van der Waals surface area contributed by atoms with Gasteiger partial charge >= 0.3 is 0 Å². The summed E-state index contributed by atoms with van der Waals surface area (Å²) in [5.41, 5.74) is 7.69. The van der Waals surface area contributed by atoms with Crippen LogP contribution in [0.2, 0.25) is 0 Å². The summed E-state index contributed by atoms with van der Waals surface area (Å²) < 4.78 is 0. The van der Waals surface area contributed by atoms with E-state index in [2.05, 4.69) is 15.3 Å². The summed E-state index contributed by atoms with van der Waals surface area (Å²) in [7, 11) is 1.81. The van der Waals surface area contributed by atoms with Crippen molar-refractivity contribution in [3.63, 3.8) is 0 Å². The maximum Gasteiger partial charge on any atom is 0.258 e. The SMILES string of the molecule is Cc1cc(C(N)=O)sc1-c1ncnc2c1N(C)CC(=O)N2. The lowest BCUT2D eigenvalue weighted by atomic mass is 10.1. The smallest absolute Gasteiger partial charge is 0.258 e. The number of nitrogens with zero attached hydrogens (tertiary/aromatic N) is 3.